The van der Waals surface area contributed by atoms with Gasteiger partial charge in [0.15, 0.2) is 0 Å². The number of hydrogen-bond acceptors (Lipinski definition) is 4. The highest BCUT2D eigenvalue weighted by Gasteiger charge is 2.31. The standard InChI is InChI=1S/C29H33N3O/c33-27-13-14-28-23(20-27)15-17-32(25-6-2-1-3-7-25)29(28)22-9-11-24(12-10-22)31-19-18-30-16-5-4-8-26(30)21-31/h1-3,6-7,9-14,20,26,29,33H,4-5,8,15-19,21H2/t26-,29+/m0/s1. The molecule has 3 aromatic rings. The molecule has 1 N–H and O–H groups in total. The lowest BCUT2D eigenvalue weighted by molar-refractivity contribution is 0.133. The van der Waals surface area contributed by atoms with Gasteiger partial charge in [-0.25, -0.2) is 0 Å². The Bertz CT molecular complexity index is 1100. The third-order valence-corrected chi connectivity index (χ3v) is 7.85. The number of phenolic OH excluding ortho intramolecular Hbond substituents is 1. The predicted octanol–water partition coefficient (Wildman–Crippen LogP) is 5.22. The van der Waals surface area contributed by atoms with Crippen LogP contribution >= 0.6 is 0 Å². The first-order valence-electron chi connectivity index (χ1n) is 12.5. The van der Waals surface area contributed by atoms with E-state index in [1.54, 1.807) is 0 Å². The van der Waals surface area contributed by atoms with Crippen molar-refractivity contribution >= 4 is 11.4 Å². The summed E-state index contributed by atoms with van der Waals surface area (Å²) < 4.78 is 0. The molecule has 170 valence electrons. The van der Waals surface area contributed by atoms with Gasteiger partial charge in [-0.15, -0.1) is 0 Å². The molecule has 2 fully saturated rings. The Morgan fingerprint density at radius 2 is 1.61 bits per heavy atom. The van der Waals surface area contributed by atoms with E-state index < -0.39 is 0 Å². The van der Waals surface area contributed by atoms with Gasteiger partial charge in [-0.2, -0.15) is 0 Å². The van der Waals surface area contributed by atoms with Crippen molar-refractivity contribution < 1.29 is 5.11 Å². The molecule has 0 bridgehead atoms. The molecule has 4 heteroatoms. The lowest BCUT2D eigenvalue weighted by Gasteiger charge is -2.45. The van der Waals surface area contributed by atoms with Crippen LogP contribution in [-0.2, 0) is 6.42 Å². The van der Waals surface area contributed by atoms with E-state index in [2.05, 4.69) is 75.4 Å². The van der Waals surface area contributed by atoms with Crippen LogP contribution in [0.1, 0.15) is 42.0 Å². The number of benzene rings is 3. The van der Waals surface area contributed by atoms with Gasteiger partial charge in [-0.05, 0) is 78.9 Å². The molecule has 0 aliphatic carbocycles. The Kier molecular flexibility index (Phi) is 5.47. The van der Waals surface area contributed by atoms with Gasteiger partial charge in [-0.1, -0.05) is 42.8 Å². The average molecular weight is 440 g/mol. The molecule has 33 heavy (non-hydrogen) atoms. The fourth-order valence-corrected chi connectivity index (χ4v) is 6.13. The lowest BCUT2D eigenvalue weighted by atomic mass is 9.87. The number of rotatable bonds is 3. The van der Waals surface area contributed by atoms with Gasteiger partial charge in [-0.3, -0.25) is 4.90 Å². The van der Waals surface area contributed by atoms with Crippen molar-refractivity contribution in [3.8, 4) is 5.75 Å². The monoisotopic (exact) mass is 439 g/mol. The summed E-state index contributed by atoms with van der Waals surface area (Å²) in [5.74, 6) is 0.359. The molecule has 0 saturated carbocycles. The number of para-hydroxylation sites is 1. The summed E-state index contributed by atoms with van der Waals surface area (Å²) in [7, 11) is 0. The number of hydrogen-bond donors (Lipinski definition) is 1. The minimum atomic E-state index is 0.154. The van der Waals surface area contributed by atoms with Crippen LogP contribution in [0.2, 0.25) is 0 Å². The van der Waals surface area contributed by atoms with Gasteiger partial charge in [0.05, 0.1) is 6.04 Å². The van der Waals surface area contributed by atoms with E-state index in [0.29, 0.717) is 5.75 Å². The third kappa shape index (κ3) is 3.97. The number of fused-ring (bicyclic) bond motifs is 2. The summed E-state index contributed by atoms with van der Waals surface area (Å²) >= 11 is 0. The topological polar surface area (TPSA) is 30.0 Å². The smallest absolute Gasteiger partial charge is 0.115 e. The zero-order valence-electron chi connectivity index (χ0n) is 19.2. The van der Waals surface area contributed by atoms with E-state index in [-0.39, 0.29) is 6.04 Å². The van der Waals surface area contributed by atoms with Gasteiger partial charge in [0.2, 0.25) is 0 Å². The highest BCUT2D eigenvalue weighted by atomic mass is 16.3. The Labute approximate surface area is 197 Å². The van der Waals surface area contributed by atoms with E-state index in [1.165, 1.54) is 60.4 Å². The summed E-state index contributed by atoms with van der Waals surface area (Å²) in [6, 6.07) is 26.8. The normalized spacial score (nSPS) is 23.2. The Morgan fingerprint density at radius 1 is 0.758 bits per heavy atom. The highest BCUT2D eigenvalue weighted by molar-refractivity contribution is 5.58. The maximum atomic E-state index is 10.1. The summed E-state index contributed by atoms with van der Waals surface area (Å²) in [5, 5.41) is 10.1. The largest absolute Gasteiger partial charge is 0.508 e. The van der Waals surface area contributed by atoms with Crippen molar-refractivity contribution in [2.75, 3.05) is 42.5 Å². The first kappa shape index (κ1) is 20.6. The molecule has 3 heterocycles. The SMILES string of the molecule is Oc1ccc2c(c1)CCN(c1ccccc1)[C@@H]2c1ccc(N2CCN3CCCC[C@H]3C2)cc1. The lowest BCUT2D eigenvalue weighted by Crippen LogP contribution is -2.54. The molecule has 0 amide bonds. The Hall–Kier alpha value is -2.98. The van der Waals surface area contributed by atoms with Crippen molar-refractivity contribution in [2.24, 2.45) is 0 Å². The quantitative estimate of drug-likeness (QED) is 0.606. The second-order valence-corrected chi connectivity index (χ2v) is 9.79. The molecule has 3 aliphatic heterocycles. The molecule has 0 unspecified atom stereocenters. The van der Waals surface area contributed by atoms with Crippen LogP contribution in [0.25, 0.3) is 0 Å². The van der Waals surface area contributed by atoms with Gasteiger partial charge >= 0.3 is 0 Å². The second-order valence-electron chi connectivity index (χ2n) is 9.79. The zero-order chi connectivity index (χ0) is 22.2. The van der Waals surface area contributed by atoms with Crippen molar-refractivity contribution in [3.05, 3.63) is 89.5 Å². The van der Waals surface area contributed by atoms with E-state index in [4.69, 9.17) is 0 Å². The van der Waals surface area contributed by atoms with Crippen LogP contribution < -0.4 is 9.80 Å². The molecule has 0 aromatic heterocycles. The van der Waals surface area contributed by atoms with Crippen LogP contribution in [-0.4, -0.2) is 48.8 Å². The van der Waals surface area contributed by atoms with Gasteiger partial charge in [0, 0.05) is 43.6 Å². The minimum absolute atomic E-state index is 0.154. The molecule has 6 rings (SSSR count). The highest BCUT2D eigenvalue weighted by Crippen LogP contribution is 2.40. The van der Waals surface area contributed by atoms with Gasteiger partial charge in [0.1, 0.15) is 5.75 Å². The molecule has 0 spiro atoms. The summed E-state index contributed by atoms with van der Waals surface area (Å²) in [5.41, 5.74) is 6.46. The second kappa shape index (κ2) is 8.75. The molecular weight excluding hydrogens is 406 g/mol. The van der Waals surface area contributed by atoms with Gasteiger partial charge < -0.3 is 14.9 Å². The van der Waals surface area contributed by atoms with Crippen LogP contribution in [0, 0.1) is 0 Å². The first-order valence-corrected chi connectivity index (χ1v) is 12.5. The molecule has 2 atom stereocenters. The molecule has 3 aliphatic rings. The van der Waals surface area contributed by atoms with E-state index in [1.807, 2.05) is 12.1 Å². The van der Waals surface area contributed by atoms with Crippen molar-refractivity contribution in [2.45, 2.75) is 37.8 Å². The van der Waals surface area contributed by atoms with E-state index in [0.717, 1.165) is 32.1 Å². The maximum absolute atomic E-state index is 10.1. The fourth-order valence-electron chi connectivity index (χ4n) is 6.13. The number of nitrogens with zero attached hydrogens (tertiary/aromatic N) is 3. The van der Waals surface area contributed by atoms with Crippen molar-refractivity contribution in [1.29, 1.82) is 0 Å². The predicted molar refractivity (Wildman–Crippen MR) is 135 cm³/mol. The first-order chi connectivity index (χ1) is 16.3. The van der Waals surface area contributed by atoms with Crippen molar-refractivity contribution in [3.63, 3.8) is 0 Å². The minimum Gasteiger partial charge on any atom is -0.508 e. The van der Waals surface area contributed by atoms with Crippen LogP contribution in [0.4, 0.5) is 11.4 Å². The van der Waals surface area contributed by atoms with Gasteiger partial charge in [0.25, 0.3) is 0 Å². The number of piperidine rings is 1. The molecular formula is C29H33N3O. The fraction of sp³-hybridized carbons (Fsp3) is 0.379. The summed E-state index contributed by atoms with van der Waals surface area (Å²) in [4.78, 5) is 7.79. The molecule has 4 nitrogen and oxygen atoms in total. The Balaban J connectivity index is 1.31. The average Bonchev–Trinajstić information content (AvgIpc) is 2.88. The molecule has 2 saturated heterocycles. The number of aromatic hydroxyl groups is 1. The molecule has 0 radical (unpaired) electrons. The summed E-state index contributed by atoms with van der Waals surface area (Å²) in [6.07, 6.45) is 5.02. The number of anilines is 2. The Morgan fingerprint density at radius 3 is 2.45 bits per heavy atom. The van der Waals surface area contributed by atoms with E-state index >= 15 is 0 Å². The zero-order valence-corrected chi connectivity index (χ0v) is 19.2. The van der Waals surface area contributed by atoms with Crippen molar-refractivity contribution in [1.82, 2.24) is 4.90 Å². The third-order valence-electron chi connectivity index (χ3n) is 7.85. The summed E-state index contributed by atoms with van der Waals surface area (Å²) in [6.45, 7) is 5.69. The number of piperazine rings is 1. The van der Waals surface area contributed by atoms with E-state index in [9.17, 15) is 5.11 Å². The van der Waals surface area contributed by atoms with Crippen LogP contribution in [0.5, 0.6) is 5.75 Å². The molecule has 3 aromatic carbocycles. The number of phenols is 1. The van der Waals surface area contributed by atoms with Crippen LogP contribution in [0.15, 0.2) is 72.8 Å². The maximum Gasteiger partial charge on any atom is 0.115 e. The van der Waals surface area contributed by atoms with Crippen LogP contribution in [0.3, 0.4) is 0 Å².